The van der Waals surface area contributed by atoms with E-state index < -0.39 is 0 Å². The van der Waals surface area contributed by atoms with Crippen molar-refractivity contribution in [3.8, 4) is 0 Å². The summed E-state index contributed by atoms with van der Waals surface area (Å²) in [5.74, 6) is 1.05. The Kier molecular flexibility index (Phi) is 5.63. The maximum Gasteiger partial charge on any atom is 0.128 e. The van der Waals surface area contributed by atoms with Gasteiger partial charge in [-0.25, -0.2) is 0 Å². The van der Waals surface area contributed by atoms with Crippen molar-refractivity contribution in [2.75, 3.05) is 12.8 Å². The topological polar surface area (TPSA) is 52.7 Å². The molecule has 0 atom stereocenters. The highest BCUT2D eigenvalue weighted by Gasteiger charge is 1.99. The molecule has 0 aliphatic heterocycles. The molecule has 3 N–H and O–H groups in total. The van der Waals surface area contributed by atoms with Gasteiger partial charge in [0.15, 0.2) is 0 Å². The largest absolute Gasteiger partial charge is 0.392 e. The minimum atomic E-state index is 0.749. The van der Waals surface area contributed by atoms with E-state index in [-0.39, 0.29) is 0 Å². The van der Waals surface area contributed by atoms with E-state index >= 15 is 0 Å². The Morgan fingerprint density at radius 3 is 3.07 bits per heavy atom. The van der Waals surface area contributed by atoms with Crippen LogP contribution >= 0.6 is 27.7 Å². The van der Waals surface area contributed by atoms with Crippen molar-refractivity contribution >= 4 is 27.7 Å². The van der Waals surface area contributed by atoms with Gasteiger partial charge in [-0.3, -0.25) is 5.10 Å². The molecule has 0 saturated heterocycles. The predicted octanol–water partition coefficient (Wildman–Crippen LogP) is 2.03. The van der Waals surface area contributed by atoms with Crippen molar-refractivity contribution in [2.24, 2.45) is 0 Å². The maximum atomic E-state index is 4.00. The van der Waals surface area contributed by atoms with Gasteiger partial charge in [-0.05, 0) is 27.7 Å². The third-order valence-corrected chi connectivity index (χ3v) is 2.90. The third-order valence-electron chi connectivity index (χ3n) is 1.63. The number of thioether (sulfide) groups is 1. The Bertz CT molecular complexity index is 324. The standard InChI is InChI=1S/C9H15BrN4S/c1-3-15-9(6-11-2)12-5-7-4-8(10)14-13-7/h4,6,11-12H,3,5H2,1-2H3,(H,13,14)/b9-6-. The van der Waals surface area contributed by atoms with Crippen LogP contribution in [0.15, 0.2) is 21.9 Å². The van der Waals surface area contributed by atoms with E-state index in [1.54, 1.807) is 11.8 Å². The molecule has 0 amide bonds. The van der Waals surface area contributed by atoms with Gasteiger partial charge in [-0.15, -0.1) is 11.8 Å². The van der Waals surface area contributed by atoms with Gasteiger partial charge >= 0.3 is 0 Å². The maximum absolute atomic E-state index is 4.00. The van der Waals surface area contributed by atoms with Gasteiger partial charge in [0, 0.05) is 13.2 Å². The van der Waals surface area contributed by atoms with Gasteiger partial charge in [0.2, 0.25) is 0 Å². The van der Waals surface area contributed by atoms with E-state index in [4.69, 9.17) is 0 Å². The van der Waals surface area contributed by atoms with Crippen LogP contribution in [-0.4, -0.2) is 23.0 Å². The van der Waals surface area contributed by atoms with Crippen molar-refractivity contribution in [2.45, 2.75) is 13.5 Å². The lowest BCUT2D eigenvalue weighted by molar-refractivity contribution is 0.807. The average Bonchev–Trinajstić information content (AvgIpc) is 2.61. The lowest BCUT2D eigenvalue weighted by Crippen LogP contribution is -2.13. The van der Waals surface area contributed by atoms with E-state index in [1.807, 2.05) is 19.3 Å². The van der Waals surface area contributed by atoms with Crippen LogP contribution in [0.3, 0.4) is 0 Å². The quantitative estimate of drug-likeness (QED) is 0.750. The Morgan fingerprint density at radius 1 is 1.73 bits per heavy atom. The molecular weight excluding hydrogens is 276 g/mol. The number of H-pyrrole nitrogens is 1. The average molecular weight is 291 g/mol. The summed E-state index contributed by atoms with van der Waals surface area (Å²) >= 11 is 5.07. The van der Waals surface area contributed by atoms with E-state index in [1.165, 1.54) is 0 Å². The molecule has 0 radical (unpaired) electrons. The Labute approximate surface area is 102 Å². The zero-order valence-corrected chi connectivity index (χ0v) is 11.2. The SMILES string of the molecule is CCS/C(=C\NC)NCc1cc(Br)n[nH]1. The highest BCUT2D eigenvalue weighted by molar-refractivity contribution is 9.10. The molecule has 0 aliphatic rings. The summed E-state index contributed by atoms with van der Waals surface area (Å²) in [4.78, 5) is 0. The van der Waals surface area contributed by atoms with Crippen LogP contribution in [0.2, 0.25) is 0 Å². The molecule has 0 aromatic carbocycles. The Morgan fingerprint density at radius 2 is 2.53 bits per heavy atom. The number of nitrogens with zero attached hydrogens (tertiary/aromatic N) is 1. The van der Waals surface area contributed by atoms with Gasteiger partial charge in [-0.2, -0.15) is 5.10 Å². The first-order valence-electron chi connectivity index (χ1n) is 4.70. The highest BCUT2D eigenvalue weighted by atomic mass is 79.9. The number of nitrogens with one attached hydrogen (secondary N) is 3. The monoisotopic (exact) mass is 290 g/mol. The fraction of sp³-hybridized carbons (Fsp3) is 0.444. The molecule has 0 unspecified atom stereocenters. The molecule has 6 heteroatoms. The summed E-state index contributed by atoms with van der Waals surface area (Å²) in [5, 5.41) is 14.4. The summed E-state index contributed by atoms with van der Waals surface area (Å²) in [5.41, 5.74) is 1.06. The zero-order valence-electron chi connectivity index (χ0n) is 8.80. The van der Waals surface area contributed by atoms with Gasteiger partial charge in [0.1, 0.15) is 4.60 Å². The van der Waals surface area contributed by atoms with Crippen molar-refractivity contribution in [1.82, 2.24) is 20.8 Å². The lowest BCUT2D eigenvalue weighted by Gasteiger charge is -2.08. The first-order chi connectivity index (χ1) is 7.26. The zero-order chi connectivity index (χ0) is 11.1. The third kappa shape index (κ3) is 4.61. The molecule has 4 nitrogen and oxygen atoms in total. The summed E-state index contributed by atoms with van der Waals surface area (Å²) in [6.45, 7) is 2.88. The van der Waals surface area contributed by atoms with Crippen LogP contribution in [0.1, 0.15) is 12.6 Å². The van der Waals surface area contributed by atoms with E-state index in [2.05, 4.69) is 43.7 Å². The molecule has 1 rings (SSSR count). The second kappa shape index (κ2) is 6.79. The molecular formula is C9H15BrN4S. The number of hydrogen-bond acceptors (Lipinski definition) is 4. The summed E-state index contributed by atoms with van der Waals surface area (Å²) in [6, 6.07) is 1.96. The van der Waals surface area contributed by atoms with Gasteiger partial charge in [-0.1, -0.05) is 6.92 Å². The van der Waals surface area contributed by atoms with Crippen molar-refractivity contribution in [3.63, 3.8) is 0 Å². The van der Waals surface area contributed by atoms with E-state index in [0.717, 1.165) is 27.6 Å². The predicted molar refractivity (Wildman–Crippen MR) is 68.4 cm³/mol. The molecule has 1 aromatic heterocycles. The van der Waals surface area contributed by atoms with Crippen molar-refractivity contribution < 1.29 is 0 Å². The minimum Gasteiger partial charge on any atom is -0.392 e. The number of rotatable bonds is 6. The number of hydrogen-bond donors (Lipinski definition) is 3. The van der Waals surface area contributed by atoms with E-state index in [0.29, 0.717) is 0 Å². The summed E-state index contributed by atoms with van der Waals surface area (Å²) < 4.78 is 0.835. The second-order valence-electron chi connectivity index (χ2n) is 2.80. The van der Waals surface area contributed by atoms with Gasteiger partial charge in [0.05, 0.1) is 17.3 Å². The first-order valence-corrected chi connectivity index (χ1v) is 6.48. The number of halogens is 1. The van der Waals surface area contributed by atoms with Crippen LogP contribution in [0.5, 0.6) is 0 Å². The molecule has 0 saturated carbocycles. The smallest absolute Gasteiger partial charge is 0.128 e. The van der Waals surface area contributed by atoms with Gasteiger partial charge < -0.3 is 10.6 Å². The van der Waals surface area contributed by atoms with Crippen LogP contribution in [0.4, 0.5) is 0 Å². The molecule has 1 heterocycles. The van der Waals surface area contributed by atoms with Crippen LogP contribution < -0.4 is 10.6 Å². The highest BCUT2D eigenvalue weighted by Crippen LogP contribution is 2.12. The molecule has 15 heavy (non-hydrogen) atoms. The second-order valence-corrected chi connectivity index (χ2v) is 4.92. The van der Waals surface area contributed by atoms with Crippen LogP contribution in [0, 0.1) is 0 Å². The molecule has 0 aliphatic carbocycles. The van der Waals surface area contributed by atoms with Crippen molar-refractivity contribution in [1.29, 1.82) is 0 Å². The Hall–Kier alpha value is -0.620. The fourth-order valence-electron chi connectivity index (χ4n) is 1.04. The van der Waals surface area contributed by atoms with Crippen LogP contribution in [-0.2, 0) is 6.54 Å². The van der Waals surface area contributed by atoms with Gasteiger partial charge in [0.25, 0.3) is 0 Å². The first kappa shape index (κ1) is 12.4. The summed E-state index contributed by atoms with van der Waals surface area (Å²) in [6.07, 6.45) is 1.96. The number of aromatic nitrogens is 2. The summed E-state index contributed by atoms with van der Waals surface area (Å²) in [7, 11) is 1.89. The molecule has 1 aromatic rings. The number of aromatic amines is 1. The molecule has 0 bridgehead atoms. The van der Waals surface area contributed by atoms with E-state index in [9.17, 15) is 0 Å². The lowest BCUT2D eigenvalue weighted by atomic mass is 10.4. The molecule has 0 spiro atoms. The fourth-order valence-corrected chi connectivity index (χ4v) is 2.09. The molecule has 84 valence electrons. The molecule has 0 fully saturated rings. The normalized spacial score (nSPS) is 11.5. The minimum absolute atomic E-state index is 0.749. The Balaban J connectivity index is 2.43. The van der Waals surface area contributed by atoms with Crippen LogP contribution in [0.25, 0.3) is 0 Å². The van der Waals surface area contributed by atoms with Crippen molar-refractivity contribution in [3.05, 3.63) is 27.6 Å².